The smallest absolute Gasteiger partial charge is 0.269 e. The van der Waals surface area contributed by atoms with Crippen molar-refractivity contribution >= 4 is 32.6 Å². The predicted octanol–water partition coefficient (Wildman–Crippen LogP) is 3.10. The molecule has 0 bridgehead atoms. The SMILES string of the molecule is O=C(c1ccc2c(c1)S(=O)(=O)N(C1CC1)C2=O)N1CCN(Cc2cccc3ccccc23)CC1. The van der Waals surface area contributed by atoms with Crippen LogP contribution in [-0.4, -0.2) is 66.6 Å². The minimum atomic E-state index is -3.88. The fourth-order valence-corrected chi connectivity index (χ4v) is 6.85. The molecule has 0 aromatic heterocycles. The highest BCUT2D eigenvalue weighted by Gasteiger charge is 2.49. The van der Waals surface area contributed by atoms with Crippen molar-refractivity contribution in [2.75, 3.05) is 26.2 Å². The third-order valence-corrected chi connectivity index (χ3v) is 8.88. The van der Waals surface area contributed by atoms with Gasteiger partial charge in [-0.2, -0.15) is 0 Å². The van der Waals surface area contributed by atoms with Crippen LogP contribution in [0.4, 0.5) is 0 Å². The van der Waals surface area contributed by atoms with E-state index in [1.807, 2.05) is 6.07 Å². The highest BCUT2D eigenvalue weighted by Crippen LogP contribution is 2.39. The summed E-state index contributed by atoms with van der Waals surface area (Å²) in [6.07, 6.45) is 1.40. The molecule has 2 aliphatic heterocycles. The molecule has 3 aliphatic rings. The highest BCUT2D eigenvalue weighted by molar-refractivity contribution is 7.90. The average Bonchev–Trinajstić information content (AvgIpc) is 3.66. The normalized spacial score (nSPS) is 20.1. The molecular weight excluding hydrogens is 450 g/mol. The first kappa shape index (κ1) is 21.3. The van der Waals surface area contributed by atoms with Crippen LogP contribution in [0.2, 0.25) is 0 Å². The van der Waals surface area contributed by atoms with E-state index in [2.05, 4.69) is 41.3 Å². The van der Waals surface area contributed by atoms with Crippen molar-refractivity contribution in [2.45, 2.75) is 30.3 Å². The van der Waals surface area contributed by atoms with Gasteiger partial charge in [0.1, 0.15) is 4.90 Å². The van der Waals surface area contributed by atoms with Gasteiger partial charge in [0.15, 0.2) is 0 Å². The van der Waals surface area contributed by atoms with Crippen molar-refractivity contribution in [3.63, 3.8) is 0 Å². The standard InChI is InChI=1S/C26H25N3O4S/c30-25(19-8-11-23-24(16-19)34(32,33)29(26(23)31)21-9-10-21)28-14-12-27(13-15-28)17-20-6-3-5-18-4-1-2-7-22(18)20/h1-8,11,16,21H,9-10,12-15,17H2. The Bertz CT molecular complexity index is 1420. The van der Waals surface area contributed by atoms with Crippen LogP contribution in [0, 0.1) is 0 Å². The number of hydrogen-bond donors (Lipinski definition) is 0. The number of fused-ring (bicyclic) bond motifs is 2. The van der Waals surface area contributed by atoms with Crippen LogP contribution in [0.3, 0.4) is 0 Å². The maximum absolute atomic E-state index is 13.2. The molecule has 7 nitrogen and oxygen atoms in total. The van der Waals surface area contributed by atoms with Gasteiger partial charge < -0.3 is 4.90 Å². The monoisotopic (exact) mass is 475 g/mol. The summed E-state index contributed by atoms with van der Waals surface area (Å²) in [5.74, 6) is -0.668. The summed E-state index contributed by atoms with van der Waals surface area (Å²) in [6.45, 7) is 3.44. The molecule has 2 fully saturated rings. The van der Waals surface area contributed by atoms with Gasteiger partial charge in [-0.05, 0) is 47.4 Å². The molecule has 2 amide bonds. The van der Waals surface area contributed by atoms with E-state index < -0.39 is 15.9 Å². The van der Waals surface area contributed by atoms with Crippen LogP contribution in [0.1, 0.15) is 39.1 Å². The summed E-state index contributed by atoms with van der Waals surface area (Å²) in [5.41, 5.74) is 1.75. The molecule has 1 saturated heterocycles. The number of hydrogen-bond acceptors (Lipinski definition) is 5. The van der Waals surface area contributed by atoms with E-state index in [1.165, 1.54) is 28.5 Å². The van der Waals surface area contributed by atoms with Crippen molar-refractivity contribution in [2.24, 2.45) is 0 Å². The van der Waals surface area contributed by atoms with E-state index in [4.69, 9.17) is 0 Å². The van der Waals surface area contributed by atoms with Crippen molar-refractivity contribution in [1.29, 1.82) is 0 Å². The van der Waals surface area contributed by atoms with Gasteiger partial charge in [0.25, 0.3) is 21.8 Å². The number of carbonyl (C=O) groups excluding carboxylic acids is 2. The topological polar surface area (TPSA) is 78.0 Å². The van der Waals surface area contributed by atoms with E-state index >= 15 is 0 Å². The zero-order valence-corrected chi connectivity index (χ0v) is 19.5. The Morgan fingerprint density at radius 2 is 1.65 bits per heavy atom. The number of benzene rings is 3. The molecule has 1 saturated carbocycles. The number of carbonyl (C=O) groups is 2. The molecule has 2 heterocycles. The molecule has 0 unspecified atom stereocenters. The first-order valence-electron chi connectivity index (χ1n) is 11.6. The Kier molecular flexibility index (Phi) is 4.97. The fourth-order valence-electron chi connectivity index (χ4n) is 5.01. The second-order valence-electron chi connectivity index (χ2n) is 9.25. The van der Waals surface area contributed by atoms with Crippen LogP contribution in [0.15, 0.2) is 65.6 Å². The Labute approximate surface area is 198 Å². The van der Waals surface area contributed by atoms with Crippen molar-refractivity contribution < 1.29 is 18.0 Å². The molecule has 0 atom stereocenters. The van der Waals surface area contributed by atoms with E-state index in [-0.39, 0.29) is 22.4 Å². The predicted molar refractivity (Wildman–Crippen MR) is 128 cm³/mol. The molecule has 8 heteroatoms. The van der Waals surface area contributed by atoms with Crippen molar-refractivity contribution in [3.8, 4) is 0 Å². The largest absolute Gasteiger partial charge is 0.336 e. The molecule has 34 heavy (non-hydrogen) atoms. The van der Waals surface area contributed by atoms with Gasteiger partial charge in [-0.15, -0.1) is 0 Å². The molecule has 6 rings (SSSR count). The van der Waals surface area contributed by atoms with Gasteiger partial charge in [-0.3, -0.25) is 14.5 Å². The fraction of sp³-hybridized carbons (Fsp3) is 0.308. The maximum atomic E-state index is 13.2. The summed E-state index contributed by atoms with van der Waals surface area (Å²) in [5, 5.41) is 2.47. The highest BCUT2D eigenvalue weighted by atomic mass is 32.2. The quantitative estimate of drug-likeness (QED) is 0.580. The molecule has 3 aromatic rings. The minimum Gasteiger partial charge on any atom is -0.336 e. The van der Waals surface area contributed by atoms with Crippen LogP contribution >= 0.6 is 0 Å². The average molecular weight is 476 g/mol. The molecule has 174 valence electrons. The summed E-state index contributed by atoms with van der Waals surface area (Å²) in [4.78, 5) is 29.8. The molecule has 1 aliphatic carbocycles. The Hall–Kier alpha value is -3.23. The summed E-state index contributed by atoms with van der Waals surface area (Å²) in [6, 6.07) is 18.9. The van der Waals surface area contributed by atoms with Crippen LogP contribution in [0.5, 0.6) is 0 Å². The molecular formula is C26H25N3O4S. The Balaban J connectivity index is 1.16. The van der Waals surface area contributed by atoms with Gasteiger partial charge in [0.2, 0.25) is 0 Å². The third kappa shape index (κ3) is 3.49. The number of rotatable bonds is 4. The first-order chi connectivity index (χ1) is 16.4. The van der Waals surface area contributed by atoms with Crippen molar-refractivity contribution in [1.82, 2.24) is 14.1 Å². The number of sulfonamides is 1. The molecule has 0 radical (unpaired) electrons. The summed E-state index contributed by atoms with van der Waals surface area (Å²) in [7, 11) is -3.88. The van der Waals surface area contributed by atoms with Crippen molar-refractivity contribution in [3.05, 3.63) is 77.4 Å². The van der Waals surface area contributed by atoms with E-state index in [9.17, 15) is 18.0 Å². The third-order valence-electron chi connectivity index (χ3n) is 7.01. The second kappa shape index (κ2) is 7.92. The molecule has 3 aromatic carbocycles. The summed E-state index contributed by atoms with van der Waals surface area (Å²) >= 11 is 0. The van der Waals surface area contributed by atoms with Crippen LogP contribution in [0.25, 0.3) is 10.8 Å². The molecule has 0 spiro atoms. The van der Waals surface area contributed by atoms with Gasteiger partial charge >= 0.3 is 0 Å². The number of piperazine rings is 1. The lowest BCUT2D eigenvalue weighted by Gasteiger charge is -2.35. The number of nitrogens with zero attached hydrogens (tertiary/aromatic N) is 3. The van der Waals surface area contributed by atoms with Gasteiger partial charge in [-0.25, -0.2) is 12.7 Å². The van der Waals surface area contributed by atoms with E-state index in [1.54, 1.807) is 11.0 Å². The summed E-state index contributed by atoms with van der Waals surface area (Å²) < 4.78 is 26.8. The maximum Gasteiger partial charge on any atom is 0.269 e. The van der Waals surface area contributed by atoms with Gasteiger partial charge in [0, 0.05) is 44.3 Å². The van der Waals surface area contributed by atoms with Gasteiger partial charge in [-0.1, -0.05) is 42.5 Å². The Morgan fingerprint density at radius 3 is 2.41 bits per heavy atom. The van der Waals surface area contributed by atoms with E-state index in [0.717, 1.165) is 23.9 Å². The lowest BCUT2D eigenvalue weighted by atomic mass is 10.0. The Morgan fingerprint density at radius 1 is 0.912 bits per heavy atom. The minimum absolute atomic E-state index is 0.0372. The lowest BCUT2D eigenvalue weighted by molar-refractivity contribution is 0.0628. The van der Waals surface area contributed by atoms with Gasteiger partial charge in [0.05, 0.1) is 5.56 Å². The lowest BCUT2D eigenvalue weighted by Crippen LogP contribution is -2.48. The zero-order chi connectivity index (χ0) is 23.4. The molecule has 0 N–H and O–H groups in total. The first-order valence-corrected chi connectivity index (χ1v) is 13.1. The number of amides is 2. The second-order valence-corrected chi connectivity index (χ2v) is 11.0. The van der Waals surface area contributed by atoms with E-state index in [0.29, 0.717) is 31.5 Å². The van der Waals surface area contributed by atoms with Crippen LogP contribution in [-0.2, 0) is 16.6 Å². The zero-order valence-electron chi connectivity index (χ0n) is 18.7. The van der Waals surface area contributed by atoms with Crippen LogP contribution < -0.4 is 0 Å².